The van der Waals surface area contributed by atoms with Gasteiger partial charge < -0.3 is 14.4 Å². The third-order valence-corrected chi connectivity index (χ3v) is 21.0. The maximum Gasteiger partial charge on any atom is 0.252 e. The zero-order chi connectivity index (χ0) is 69.1. The molecule has 3 heterocycles. The Morgan fingerprint density at radius 3 is 1.03 bits per heavy atom. The Hall–Kier alpha value is -11.2. The maximum absolute atomic E-state index is 10.5. The Kier molecular flexibility index (Phi) is 15.3. The van der Waals surface area contributed by atoms with Crippen LogP contribution in [0.3, 0.4) is 0 Å². The molecule has 1 aromatic heterocycles. The van der Waals surface area contributed by atoms with E-state index in [4.69, 9.17) is 0 Å². The summed E-state index contributed by atoms with van der Waals surface area (Å²) in [5, 5.41) is 12.9. The van der Waals surface area contributed by atoms with Crippen molar-refractivity contribution in [1.29, 1.82) is 5.26 Å². The van der Waals surface area contributed by atoms with Gasteiger partial charge >= 0.3 is 0 Å². The third kappa shape index (κ3) is 11.0. The van der Waals surface area contributed by atoms with Crippen LogP contribution in [-0.4, -0.2) is 11.3 Å². The normalized spacial score (nSPS) is 12.9. The van der Waals surface area contributed by atoms with Crippen LogP contribution in [0.2, 0.25) is 0 Å². The molecule has 0 saturated carbocycles. The van der Waals surface area contributed by atoms with E-state index in [0.717, 1.165) is 112 Å². The molecule has 0 amide bonds. The summed E-state index contributed by atoms with van der Waals surface area (Å²) >= 11 is 0. The van der Waals surface area contributed by atoms with Crippen molar-refractivity contribution in [1.82, 2.24) is 4.57 Å². The molecule has 0 unspecified atom stereocenters. The highest BCUT2D eigenvalue weighted by molar-refractivity contribution is 7.00. The second-order valence-electron chi connectivity index (χ2n) is 31.7. The first-order chi connectivity index (χ1) is 48.1. The predicted octanol–water partition coefficient (Wildman–Crippen LogP) is 23.9. The summed E-state index contributed by atoms with van der Waals surface area (Å²) in [4.78, 5) is 5.35. The Labute approximate surface area is 591 Å². The van der Waals surface area contributed by atoms with Crippen molar-refractivity contribution in [2.75, 3.05) is 9.80 Å². The van der Waals surface area contributed by atoms with E-state index in [1.165, 1.54) is 55.0 Å². The van der Waals surface area contributed by atoms with Gasteiger partial charge in [0.1, 0.15) is 0 Å². The Balaban J connectivity index is 1.14. The van der Waals surface area contributed by atoms with Crippen molar-refractivity contribution in [2.24, 2.45) is 0 Å². The summed E-state index contributed by atoms with van der Waals surface area (Å²) < 4.78 is 2.61. The van der Waals surface area contributed by atoms with Gasteiger partial charge in [0.25, 0.3) is 6.71 Å². The van der Waals surface area contributed by atoms with E-state index in [9.17, 15) is 5.26 Å². The predicted molar refractivity (Wildman–Crippen MR) is 427 cm³/mol. The number of benzene rings is 13. The van der Waals surface area contributed by atoms with E-state index >= 15 is 0 Å². The molecule has 5 heteroatoms. The zero-order valence-electron chi connectivity index (χ0n) is 59.5. The summed E-state index contributed by atoms with van der Waals surface area (Å²) in [5.41, 5.74) is 32.0. The monoisotopic (exact) mass is 1290 g/mol. The number of anilines is 6. The van der Waals surface area contributed by atoms with Crippen LogP contribution in [-0.2, 0) is 21.7 Å². The number of nitriles is 1. The molecule has 0 atom stereocenters. The highest BCUT2D eigenvalue weighted by Gasteiger charge is 2.46. The number of rotatable bonds is 9. The molecule has 4 nitrogen and oxygen atoms in total. The van der Waals surface area contributed by atoms with Crippen LogP contribution in [0.4, 0.5) is 34.1 Å². The van der Waals surface area contributed by atoms with Gasteiger partial charge in [-0.25, -0.2) is 0 Å². The lowest BCUT2D eigenvalue weighted by Gasteiger charge is -2.46. The minimum atomic E-state index is -0.276. The van der Waals surface area contributed by atoms with E-state index in [1.807, 2.05) is 18.2 Å². The van der Waals surface area contributed by atoms with Crippen molar-refractivity contribution in [3.05, 3.63) is 313 Å². The minimum Gasteiger partial charge on any atom is -0.310 e. The van der Waals surface area contributed by atoms with Gasteiger partial charge in [-0.05, 0) is 153 Å². The molecule has 0 N–H and O–H groups in total. The SMILES string of the molecule is CC(C)(C)c1cc(-c2ccc3c(c2)N(c2c(-c4ccccc4)cccc2-c2ccccc2)c2cc(-n4c5cc(C(C)(C)C)ccc5c5ccc(C(C)(C)C)cc54)cc4c2B3c2ccc(-c3cccc(C#N)c3)cc2N4c2c(-c3ccccc3)cccc2-c2ccccc2)cc(C(C)(C)C)c1. The van der Waals surface area contributed by atoms with Crippen molar-refractivity contribution >= 4 is 79.0 Å². The average molecular weight is 1290 g/mol. The second-order valence-corrected chi connectivity index (χ2v) is 31.7. The van der Waals surface area contributed by atoms with Crippen molar-refractivity contribution in [2.45, 2.75) is 105 Å². The molecule has 2 aliphatic rings. The first-order valence-corrected chi connectivity index (χ1v) is 35.4. The first-order valence-electron chi connectivity index (χ1n) is 35.4. The van der Waals surface area contributed by atoms with Gasteiger partial charge in [-0.15, -0.1) is 0 Å². The van der Waals surface area contributed by atoms with Crippen LogP contribution in [0, 0.1) is 11.3 Å². The topological polar surface area (TPSA) is 35.2 Å². The van der Waals surface area contributed by atoms with E-state index in [1.54, 1.807) is 0 Å². The molecule has 0 aliphatic carbocycles. The van der Waals surface area contributed by atoms with Gasteiger partial charge in [-0.3, -0.25) is 0 Å². The molecule has 0 fully saturated rings. The van der Waals surface area contributed by atoms with Gasteiger partial charge in [0.05, 0.1) is 39.7 Å². The summed E-state index contributed by atoms with van der Waals surface area (Å²) in [7, 11) is 0. The highest BCUT2D eigenvalue weighted by atomic mass is 15.2. The Morgan fingerprint density at radius 2 is 0.650 bits per heavy atom. The molecule has 100 heavy (non-hydrogen) atoms. The van der Waals surface area contributed by atoms with Crippen LogP contribution < -0.4 is 26.2 Å². The first kappa shape index (κ1) is 63.5. The van der Waals surface area contributed by atoms with Gasteiger partial charge in [0.15, 0.2) is 0 Å². The highest BCUT2D eigenvalue weighted by Crippen LogP contribution is 2.55. The van der Waals surface area contributed by atoms with Gasteiger partial charge in [0.2, 0.25) is 0 Å². The molecule has 13 aromatic carbocycles. The van der Waals surface area contributed by atoms with Gasteiger partial charge in [-0.1, -0.05) is 320 Å². The van der Waals surface area contributed by atoms with E-state index in [2.05, 4.69) is 370 Å². The molecule has 14 aromatic rings. The summed E-state index contributed by atoms with van der Waals surface area (Å²) in [5.74, 6) is 0. The fraction of sp³-hybridized carbons (Fsp3) is 0.168. The van der Waals surface area contributed by atoms with Crippen molar-refractivity contribution < 1.29 is 0 Å². The van der Waals surface area contributed by atoms with Crippen LogP contribution >= 0.6 is 0 Å². The quantitative estimate of drug-likeness (QED) is 0.135. The zero-order valence-corrected chi connectivity index (χ0v) is 59.5. The number of nitrogens with zero attached hydrogens (tertiary/aromatic N) is 4. The maximum atomic E-state index is 10.5. The lowest BCUT2D eigenvalue weighted by Crippen LogP contribution is -2.61. The smallest absolute Gasteiger partial charge is 0.252 e. The van der Waals surface area contributed by atoms with Gasteiger partial charge in [-0.2, -0.15) is 5.26 Å². The fourth-order valence-corrected chi connectivity index (χ4v) is 15.6. The molecule has 0 spiro atoms. The second kappa shape index (κ2) is 24.1. The molecule has 0 saturated heterocycles. The Bertz CT molecular complexity index is 5370. The summed E-state index contributed by atoms with van der Waals surface area (Å²) in [6.45, 7) is 27.8. The number of fused-ring (bicyclic) bond motifs is 7. The molecule has 2 aliphatic heterocycles. The largest absolute Gasteiger partial charge is 0.310 e. The number of hydrogen-bond donors (Lipinski definition) is 0. The average Bonchev–Trinajstić information content (AvgIpc) is 0.776. The Morgan fingerprint density at radius 1 is 0.290 bits per heavy atom. The van der Waals surface area contributed by atoms with E-state index in [-0.39, 0.29) is 28.4 Å². The number of hydrogen-bond acceptors (Lipinski definition) is 3. The van der Waals surface area contributed by atoms with Crippen LogP contribution in [0.15, 0.2) is 285 Å². The molecule has 0 bridgehead atoms. The third-order valence-electron chi connectivity index (χ3n) is 21.0. The van der Waals surface area contributed by atoms with Crippen molar-refractivity contribution in [3.8, 4) is 78.5 Å². The lowest BCUT2D eigenvalue weighted by atomic mass is 9.33. The molecule has 0 radical (unpaired) electrons. The van der Waals surface area contributed by atoms with E-state index < -0.39 is 0 Å². The minimum absolute atomic E-state index is 0.110. The molecular formula is C95H83BN4. The summed E-state index contributed by atoms with van der Waals surface area (Å²) in [6, 6.07) is 110. The van der Waals surface area contributed by atoms with Crippen LogP contribution in [0.1, 0.15) is 111 Å². The van der Waals surface area contributed by atoms with Crippen molar-refractivity contribution in [3.63, 3.8) is 0 Å². The molecule has 486 valence electrons. The van der Waals surface area contributed by atoms with Crippen LogP contribution in [0.5, 0.6) is 0 Å². The molecule has 16 rings (SSSR count). The summed E-state index contributed by atoms with van der Waals surface area (Å²) in [6.07, 6.45) is 0. The number of aromatic nitrogens is 1. The standard InChI is InChI=1S/C95H83BN4/c1-92(2,3)70-44-46-79-80-47-45-71(93(4,5)6)57-84(80)98(83(79)56-70)74-58-87-89-88(59-74)100(91-77(64-33-21-15-22-34-64)40-27-41-78(91)65-35-23-16-24-36-65)86-54-68(69-51-72(94(7,8)9)55-73(52-69)95(10,11)12)43-49-82(86)96(89)81-48-42-67(66-37-25-28-61(50-66)60-97)53-85(81)99(87)90-75(62-29-17-13-18-30-62)38-26-39-76(90)63-31-19-14-20-32-63/h13-59H,1-12H3. The lowest BCUT2D eigenvalue weighted by molar-refractivity contribution is 0.569. The molecular weight excluding hydrogens is 1210 g/mol. The van der Waals surface area contributed by atoms with Crippen LogP contribution in [0.25, 0.3) is 94.3 Å². The van der Waals surface area contributed by atoms with Gasteiger partial charge in [0, 0.05) is 55.8 Å². The van der Waals surface area contributed by atoms with E-state index in [0.29, 0.717) is 5.56 Å². The fourth-order valence-electron chi connectivity index (χ4n) is 15.6. The number of para-hydroxylation sites is 2.